The molecule has 0 atom stereocenters. The van der Waals surface area contributed by atoms with Crippen molar-refractivity contribution >= 4 is 39.1 Å². The van der Waals surface area contributed by atoms with Gasteiger partial charge in [0, 0.05) is 15.2 Å². The number of halogens is 3. The highest BCUT2D eigenvalue weighted by Gasteiger charge is 2.07. The van der Waals surface area contributed by atoms with E-state index in [2.05, 4.69) is 21.2 Å². The van der Waals surface area contributed by atoms with Crippen LogP contribution in [0.15, 0.2) is 46.9 Å². The fourth-order valence-electron chi connectivity index (χ4n) is 1.47. The summed E-state index contributed by atoms with van der Waals surface area (Å²) in [6, 6.07) is 11.0. The molecule has 20 heavy (non-hydrogen) atoms. The summed E-state index contributed by atoms with van der Waals surface area (Å²) in [5.41, 5.74) is 0.597. The summed E-state index contributed by atoms with van der Waals surface area (Å²) in [6.45, 7) is -0.277. The monoisotopic (exact) mass is 357 g/mol. The van der Waals surface area contributed by atoms with E-state index in [0.29, 0.717) is 15.2 Å². The first kappa shape index (κ1) is 14.8. The number of nitrogens with one attached hydrogen (secondary N) is 1. The van der Waals surface area contributed by atoms with E-state index < -0.39 is 5.82 Å². The number of amides is 1. The highest BCUT2D eigenvalue weighted by atomic mass is 79.9. The van der Waals surface area contributed by atoms with Crippen molar-refractivity contribution in [2.75, 3.05) is 11.9 Å². The van der Waals surface area contributed by atoms with Crippen molar-refractivity contribution in [3.05, 3.63) is 57.8 Å². The first-order chi connectivity index (χ1) is 9.54. The third-order valence-corrected chi connectivity index (χ3v) is 3.13. The van der Waals surface area contributed by atoms with Crippen LogP contribution in [0.5, 0.6) is 5.75 Å². The lowest BCUT2D eigenvalue weighted by molar-refractivity contribution is -0.118. The quantitative estimate of drug-likeness (QED) is 0.887. The van der Waals surface area contributed by atoms with Gasteiger partial charge in [-0.25, -0.2) is 4.39 Å². The fraction of sp³-hybridized carbons (Fsp3) is 0.0714. The second-order valence-corrected chi connectivity index (χ2v) is 5.27. The Morgan fingerprint density at radius 1 is 1.25 bits per heavy atom. The summed E-state index contributed by atoms with van der Waals surface area (Å²) < 4.78 is 19.2. The van der Waals surface area contributed by atoms with Gasteiger partial charge in [-0.05, 0) is 42.5 Å². The molecule has 0 aliphatic rings. The number of benzene rings is 2. The Kier molecular flexibility index (Phi) is 4.98. The molecule has 0 bridgehead atoms. The smallest absolute Gasteiger partial charge is 0.262 e. The predicted molar refractivity (Wildman–Crippen MR) is 79.7 cm³/mol. The van der Waals surface area contributed by atoms with E-state index in [1.54, 1.807) is 30.3 Å². The van der Waals surface area contributed by atoms with Crippen molar-refractivity contribution in [1.82, 2.24) is 0 Å². The van der Waals surface area contributed by atoms with Crippen molar-refractivity contribution in [3.8, 4) is 5.75 Å². The summed E-state index contributed by atoms with van der Waals surface area (Å²) in [6.07, 6.45) is 0. The van der Waals surface area contributed by atoms with Gasteiger partial charge in [-0.15, -0.1) is 0 Å². The summed E-state index contributed by atoms with van der Waals surface area (Å²) in [4.78, 5) is 11.6. The fourth-order valence-corrected chi connectivity index (χ4v) is 1.92. The number of rotatable bonds is 4. The zero-order valence-corrected chi connectivity index (χ0v) is 12.5. The van der Waals surface area contributed by atoms with Gasteiger partial charge in [-0.1, -0.05) is 27.5 Å². The number of carbonyl (C=O) groups excluding carboxylic acids is 1. The van der Waals surface area contributed by atoms with Crippen molar-refractivity contribution in [1.29, 1.82) is 0 Å². The number of carbonyl (C=O) groups is 1. The Balaban J connectivity index is 1.90. The van der Waals surface area contributed by atoms with Gasteiger partial charge in [0.05, 0.1) is 0 Å². The van der Waals surface area contributed by atoms with E-state index in [0.717, 1.165) is 0 Å². The molecule has 3 nitrogen and oxygen atoms in total. The van der Waals surface area contributed by atoms with Gasteiger partial charge in [-0.3, -0.25) is 4.79 Å². The Bertz CT molecular complexity index is 619. The average molecular weight is 359 g/mol. The zero-order valence-electron chi connectivity index (χ0n) is 10.2. The van der Waals surface area contributed by atoms with Gasteiger partial charge in [0.25, 0.3) is 5.91 Å². The molecule has 0 fully saturated rings. The molecule has 0 unspecified atom stereocenters. The van der Waals surface area contributed by atoms with Crippen molar-refractivity contribution in [2.24, 2.45) is 0 Å². The molecule has 0 saturated heterocycles. The van der Waals surface area contributed by atoms with Crippen LogP contribution in [0.1, 0.15) is 0 Å². The molecule has 2 rings (SSSR count). The lowest BCUT2D eigenvalue weighted by Crippen LogP contribution is -2.20. The van der Waals surface area contributed by atoms with Crippen LogP contribution in [-0.2, 0) is 4.79 Å². The number of hydrogen-bond donors (Lipinski definition) is 1. The molecule has 0 aliphatic carbocycles. The summed E-state index contributed by atoms with van der Waals surface area (Å²) in [5.74, 6) is -0.882. The number of ether oxygens (including phenoxy) is 1. The van der Waals surface area contributed by atoms with Crippen LogP contribution >= 0.6 is 27.5 Å². The minimum Gasteiger partial charge on any atom is -0.481 e. The first-order valence-electron chi connectivity index (χ1n) is 5.68. The topological polar surface area (TPSA) is 38.3 Å². The van der Waals surface area contributed by atoms with Gasteiger partial charge in [0.2, 0.25) is 0 Å². The molecular formula is C14H10BrClFNO2. The van der Waals surface area contributed by atoms with Gasteiger partial charge < -0.3 is 10.1 Å². The van der Waals surface area contributed by atoms with Gasteiger partial charge in [0.1, 0.15) is 0 Å². The second kappa shape index (κ2) is 6.72. The van der Waals surface area contributed by atoms with Crippen LogP contribution < -0.4 is 10.1 Å². The summed E-state index contributed by atoms with van der Waals surface area (Å²) in [7, 11) is 0. The predicted octanol–water partition coefficient (Wildman–Crippen LogP) is 4.26. The average Bonchev–Trinajstić information content (AvgIpc) is 2.40. The number of hydrogen-bond acceptors (Lipinski definition) is 2. The molecule has 2 aromatic carbocycles. The largest absolute Gasteiger partial charge is 0.481 e. The van der Waals surface area contributed by atoms with Crippen LogP contribution in [0.25, 0.3) is 0 Å². The first-order valence-corrected chi connectivity index (χ1v) is 6.85. The van der Waals surface area contributed by atoms with Crippen LogP contribution in [0, 0.1) is 5.82 Å². The van der Waals surface area contributed by atoms with E-state index in [9.17, 15) is 9.18 Å². The standard InChI is InChI=1S/C14H10BrClFNO2/c15-9-1-6-13(12(17)7-9)20-8-14(19)18-11-4-2-10(16)3-5-11/h1-7H,8H2,(H,18,19). The molecule has 0 heterocycles. The SMILES string of the molecule is O=C(COc1ccc(Br)cc1F)Nc1ccc(Cl)cc1. The minimum atomic E-state index is -0.529. The summed E-state index contributed by atoms with van der Waals surface area (Å²) in [5, 5.41) is 3.20. The molecule has 2 aromatic rings. The van der Waals surface area contributed by atoms with Crippen LogP contribution in [0.2, 0.25) is 5.02 Å². The molecule has 0 aromatic heterocycles. The maximum absolute atomic E-state index is 13.5. The molecule has 0 radical (unpaired) electrons. The van der Waals surface area contributed by atoms with E-state index in [1.807, 2.05) is 0 Å². The third kappa shape index (κ3) is 4.21. The lowest BCUT2D eigenvalue weighted by atomic mass is 10.3. The molecule has 1 amide bonds. The van der Waals surface area contributed by atoms with E-state index >= 15 is 0 Å². The van der Waals surface area contributed by atoms with Gasteiger partial charge in [0.15, 0.2) is 18.2 Å². The highest BCUT2D eigenvalue weighted by Crippen LogP contribution is 2.21. The molecule has 6 heteroatoms. The summed E-state index contributed by atoms with van der Waals surface area (Å²) >= 11 is 8.88. The van der Waals surface area contributed by atoms with Gasteiger partial charge >= 0.3 is 0 Å². The Morgan fingerprint density at radius 2 is 1.95 bits per heavy atom. The third-order valence-electron chi connectivity index (χ3n) is 2.38. The van der Waals surface area contributed by atoms with Crippen LogP contribution in [0.4, 0.5) is 10.1 Å². The second-order valence-electron chi connectivity index (χ2n) is 3.92. The minimum absolute atomic E-state index is 0.0273. The molecule has 0 saturated carbocycles. The number of anilines is 1. The Hall–Kier alpha value is -1.59. The maximum atomic E-state index is 13.5. The highest BCUT2D eigenvalue weighted by molar-refractivity contribution is 9.10. The van der Waals surface area contributed by atoms with Crippen molar-refractivity contribution in [3.63, 3.8) is 0 Å². The van der Waals surface area contributed by atoms with Crippen LogP contribution in [-0.4, -0.2) is 12.5 Å². The van der Waals surface area contributed by atoms with E-state index in [1.165, 1.54) is 12.1 Å². The molecular weight excluding hydrogens is 349 g/mol. The van der Waals surface area contributed by atoms with E-state index in [-0.39, 0.29) is 18.3 Å². The Labute approximate surface area is 128 Å². The molecule has 0 aliphatic heterocycles. The van der Waals surface area contributed by atoms with Crippen LogP contribution in [0.3, 0.4) is 0 Å². The zero-order chi connectivity index (χ0) is 14.5. The molecule has 0 spiro atoms. The maximum Gasteiger partial charge on any atom is 0.262 e. The molecule has 104 valence electrons. The molecule has 1 N–H and O–H groups in total. The van der Waals surface area contributed by atoms with Crippen molar-refractivity contribution < 1.29 is 13.9 Å². The Morgan fingerprint density at radius 3 is 2.60 bits per heavy atom. The lowest BCUT2D eigenvalue weighted by Gasteiger charge is -2.08. The van der Waals surface area contributed by atoms with E-state index in [4.69, 9.17) is 16.3 Å². The van der Waals surface area contributed by atoms with Gasteiger partial charge in [-0.2, -0.15) is 0 Å². The normalized spacial score (nSPS) is 10.2. The van der Waals surface area contributed by atoms with Crippen molar-refractivity contribution in [2.45, 2.75) is 0 Å².